The summed E-state index contributed by atoms with van der Waals surface area (Å²) in [4.78, 5) is 23.5. The van der Waals surface area contributed by atoms with Gasteiger partial charge in [0, 0.05) is 0 Å². The van der Waals surface area contributed by atoms with E-state index in [0.29, 0.717) is 12.8 Å². The van der Waals surface area contributed by atoms with E-state index in [1.807, 2.05) is 0 Å². The summed E-state index contributed by atoms with van der Waals surface area (Å²) in [6.45, 7) is 0. The van der Waals surface area contributed by atoms with Crippen molar-refractivity contribution in [3.05, 3.63) is 35.6 Å². The van der Waals surface area contributed by atoms with E-state index in [9.17, 15) is 14.0 Å². The molecule has 2 rings (SSSR count). The van der Waals surface area contributed by atoms with Gasteiger partial charge < -0.3 is 9.47 Å². The van der Waals surface area contributed by atoms with E-state index in [2.05, 4.69) is 5.32 Å². The first-order chi connectivity index (χ1) is 10.0. The maximum Gasteiger partial charge on any atom is 0.322 e. The topological polar surface area (TPSA) is 64.6 Å². The molecule has 0 saturated carbocycles. The van der Waals surface area contributed by atoms with E-state index >= 15 is 0 Å². The number of methoxy groups -OCH3 is 2. The molecule has 1 aromatic carbocycles. The molecule has 5 nitrogen and oxygen atoms in total. The van der Waals surface area contributed by atoms with Gasteiger partial charge in [-0.1, -0.05) is 12.1 Å². The number of benzene rings is 1. The van der Waals surface area contributed by atoms with Gasteiger partial charge in [0.25, 0.3) is 0 Å². The Bertz CT molecular complexity index is 493. The molecule has 0 spiro atoms. The SMILES string of the molecule is COC(=O)C1CC(c2ccc(F)cc2)CC(C(=O)OC)N1. The fraction of sp³-hybridized carbons (Fsp3) is 0.467. The average molecular weight is 295 g/mol. The van der Waals surface area contributed by atoms with Crippen LogP contribution in [0.5, 0.6) is 0 Å². The highest BCUT2D eigenvalue weighted by molar-refractivity contribution is 5.80. The lowest BCUT2D eigenvalue weighted by atomic mass is 9.83. The predicted octanol–water partition coefficient (Wildman–Crippen LogP) is 1.38. The molecule has 0 aliphatic carbocycles. The fourth-order valence-electron chi connectivity index (χ4n) is 2.66. The maximum absolute atomic E-state index is 13.0. The molecule has 0 radical (unpaired) electrons. The van der Waals surface area contributed by atoms with Crippen LogP contribution in [0.2, 0.25) is 0 Å². The largest absolute Gasteiger partial charge is 0.468 e. The van der Waals surface area contributed by atoms with Gasteiger partial charge in [-0.2, -0.15) is 0 Å². The van der Waals surface area contributed by atoms with Crippen LogP contribution in [0.1, 0.15) is 24.3 Å². The van der Waals surface area contributed by atoms with Crippen LogP contribution in [0, 0.1) is 5.82 Å². The van der Waals surface area contributed by atoms with Gasteiger partial charge in [0.15, 0.2) is 0 Å². The van der Waals surface area contributed by atoms with E-state index in [0.717, 1.165) is 5.56 Å². The lowest BCUT2D eigenvalue weighted by molar-refractivity contribution is -0.148. The third-order valence-electron chi connectivity index (χ3n) is 3.76. The van der Waals surface area contributed by atoms with Crippen LogP contribution in [-0.4, -0.2) is 38.2 Å². The minimum absolute atomic E-state index is 0.0416. The highest BCUT2D eigenvalue weighted by Gasteiger charge is 2.37. The smallest absolute Gasteiger partial charge is 0.322 e. The van der Waals surface area contributed by atoms with E-state index in [1.165, 1.54) is 26.4 Å². The quantitative estimate of drug-likeness (QED) is 0.853. The molecule has 1 N–H and O–H groups in total. The van der Waals surface area contributed by atoms with Crippen molar-refractivity contribution in [3.63, 3.8) is 0 Å². The summed E-state index contributed by atoms with van der Waals surface area (Å²) in [5, 5.41) is 2.94. The first kappa shape index (κ1) is 15.4. The summed E-state index contributed by atoms with van der Waals surface area (Å²) in [7, 11) is 2.61. The molecule has 1 aliphatic heterocycles. The van der Waals surface area contributed by atoms with Crippen molar-refractivity contribution in [2.75, 3.05) is 14.2 Å². The zero-order valence-corrected chi connectivity index (χ0v) is 12.0. The number of hydrogen-bond acceptors (Lipinski definition) is 5. The summed E-state index contributed by atoms with van der Waals surface area (Å²) >= 11 is 0. The number of piperidine rings is 1. The second-order valence-corrected chi connectivity index (χ2v) is 5.04. The molecule has 1 saturated heterocycles. The van der Waals surface area contributed by atoms with Crippen molar-refractivity contribution >= 4 is 11.9 Å². The van der Waals surface area contributed by atoms with E-state index in [4.69, 9.17) is 9.47 Å². The Labute approximate surface area is 122 Å². The molecule has 21 heavy (non-hydrogen) atoms. The van der Waals surface area contributed by atoms with Crippen molar-refractivity contribution in [1.29, 1.82) is 0 Å². The van der Waals surface area contributed by atoms with Gasteiger partial charge in [0.05, 0.1) is 14.2 Å². The summed E-state index contributed by atoms with van der Waals surface area (Å²) in [6, 6.07) is 4.93. The molecule has 0 aromatic heterocycles. The Hall–Kier alpha value is -1.95. The normalized spacial score (nSPS) is 25.2. The fourth-order valence-corrected chi connectivity index (χ4v) is 2.66. The summed E-state index contributed by atoms with van der Waals surface area (Å²) < 4.78 is 22.5. The Morgan fingerprint density at radius 2 is 1.52 bits per heavy atom. The summed E-state index contributed by atoms with van der Waals surface area (Å²) in [5.41, 5.74) is 0.890. The minimum atomic E-state index is -0.581. The molecule has 114 valence electrons. The lowest BCUT2D eigenvalue weighted by Gasteiger charge is -2.33. The predicted molar refractivity (Wildman–Crippen MR) is 73.1 cm³/mol. The third-order valence-corrected chi connectivity index (χ3v) is 3.76. The van der Waals surface area contributed by atoms with Gasteiger partial charge in [-0.15, -0.1) is 0 Å². The van der Waals surface area contributed by atoms with Crippen LogP contribution >= 0.6 is 0 Å². The van der Waals surface area contributed by atoms with Gasteiger partial charge >= 0.3 is 11.9 Å². The van der Waals surface area contributed by atoms with Crippen LogP contribution in [0.15, 0.2) is 24.3 Å². The molecule has 1 aliphatic rings. The first-order valence-electron chi connectivity index (χ1n) is 6.72. The molecule has 6 heteroatoms. The van der Waals surface area contributed by atoms with Crippen LogP contribution < -0.4 is 5.32 Å². The van der Waals surface area contributed by atoms with Crippen LogP contribution in [0.4, 0.5) is 4.39 Å². The molecule has 2 unspecified atom stereocenters. The van der Waals surface area contributed by atoms with Gasteiger partial charge in [-0.05, 0) is 36.5 Å². The number of hydrogen-bond donors (Lipinski definition) is 1. The standard InChI is InChI=1S/C15H18FNO4/c1-20-14(18)12-7-10(8-13(17-12)15(19)21-2)9-3-5-11(16)6-4-9/h3-6,10,12-13,17H,7-8H2,1-2H3. The maximum atomic E-state index is 13.0. The van der Waals surface area contributed by atoms with E-state index in [1.54, 1.807) is 12.1 Å². The number of halogens is 1. The molecule has 1 fully saturated rings. The number of ether oxygens (including phenoxy) is 2. The van der Waals surface area contributed by atoms with Crippen molar-refractivity contribution in [1.82, 2.24) is 5.32 Å². The van der Waals surface area contributed by atoms with Gasteiger partial charge in [-0.3, -0.25) is 14.9 Å². The molecular weight excluding hydrogens is 277 g/mol. The second kappa shape index (κ2) is 6.67. The van der Waals surface area contributed by atoms with Gasteiger partial charge in [0.1, 0.15) is 17.9 Å². The first-order valence-corrected chi connectivity index (χ1v) is 6.72. The molecule has 1 heterocycles. The van der Waals surface area contributed by atoms with Crippen LogP contribution in [-0.2, 0) is 19.1 Å². The highest BCUT2D eigenvalue weighted by Crippen LogP contribution is 2.31. The number of nitrogens with one attached hydrogen (secondary N) is 1. The third kappa shape index (κ3) is 3.58. The minimum Gasteiger partial charge on any atom is -0.468 e. The van der Waals surface area contributed by atoms with Crippen molar-refractivity contribution in [2.45, 2.75) is 30.8 Å². The molecular formula is C15H18FNO4. The Morgan fingerprint density at radius 1 is 1.05 bits per heavy atom. The summed E-state index contributed by atoms with van der Waals surface area (Å²) in [5.74, 6) is -1.20. The van der Waals surface area contributed by atoms with Crippen molar-refractivity contribution in [3.8, 4) is 0 Å². The van der Waals surface area contributed by atoms with Gasteiger partial charge in [0.2, 0.25) is 0 Å². The van der Waals surface area contributed by atoms with E-state index < -0.39 is 24.0 Å². The molecule has 0 amide bonds. The molecule has 2 atom stereocenters. The molecule has 1 aromatic rings. The molecule has 0 bridgehead atoms. The average Bonchev–Trinajstić information content (AvgIpc) is 2.53. The Morgan fingerprint density at radius 3 is 1.95 bits per heavy atom. The van der Waals surface area contributed by atoms with Crippen molar-refractivity contribution < 1.29 is 23.5 Å². The zero-order valence-electron chi connectivity index (χ0n) is 12.0. The monoisotopic (exact) mass is 295 g/mol. The number of rotatable bonds is 3. The van der Waals surface area contributed by atoms with E-state index in [-0.39, 0.29) is 11.7 Å². The highest BCUT2D eigenvalue weighted by atomic mass is 19.1. The van der Waals surface area contributed by atoms with Gasteiger partial charge in [-0.25, -0.2) is 4.39 Å². The number of carbonyl (C=O) groups excluding carboxylic acids is 2. The zero-order chi connectivity index (χ0) is 15.4. The lowest BCUT2D eigenvalue weighted by Crippen LogP contribution is -2.52. The Balaban J connectivity index is 2.21. The Kier molecular flexibility index (Phi) is 4.90. The second-order valence-electron chi connectivity index (χ2n) is 5.04. The number of esters is 2. The summed E-state index contributed by atoms with van der Waals surface area (Å²) in [6.07, 6.45) is 0.984. The van der Waals surface area contributed by atoms with Crippen molar-refractivity contribution in [2.24, 2.45) is 0 Å². The van der Waals surface area contributed by atoms with Crippen LogP contribution in [0.3, 0.4) is 0 Å². The number of carbonyl (C=O) groups is 2. The van der Waals surface area contributed by atoms with Crippen LogP contribution in [0.25, 0.3) is 0 Å².